The van der Waals surface area contributed by atoms with Crippen molar-refractivity contribution in [3.63, 3.8) is 0 Å². The first-order chi connectivity index (χ1) is 9.93. The van der Waals surface area contributed by atoms with Crippen molar-refractivity contribution in [1.29, 1.82) is 0 Å². The SMILES string of the molecule is COC(=O)CCCN(C)C(=O)Nc1ccc(C(C)O)cc1. The van der Waals surface area contributed by atoms with Gasteiger partial charge in [0.2, 0.25) is 0 Å². The lowest BCUT2D eigenvalue weighted by molar-refractivity contribution is -0.140. The molecule has 2 amide bonds. The Hall–Kier alpha value is -2.08. The van der Waals surface area contributed by atoms with Crippen LogP contribution in [0.2, 0.25) is 0 Å². The molecule has 116 valence electrons. The maximum atomic E-state index is 11.9. The van der Waals surface area contributed by atoms with Crippen LogP contribution in [0, 0.1) is 0 Å². The molecule has 1 atom stereocenters. The fraction of sp³-hybridized carbons (Fsp3) is 0.467. The van der Waals surface area contributed by atoms with E-state index in [1.165, 1.54) is 12.0 Å². The van der Waals surface area contributed by atoms with Crippen molar-refractivity contribution in [1.82, 2.24) is 4.90 Å². The van der Waals surface area contributed by atoms with Gasteiger partial charge in [-0.3, -0.25) is 4.79 Å². The molecular weight excluding hydrogens is 272 g/mol. The lowest BCUT2D eigenvalue weighted by Gasteiger charge is -2.18. The molecular formula is C15H22N2O4. The van der Waals surface area contributed by atoms with Gasteiger partial charge >= 0.3 is 12.0 Å². The minimum atomic E-state index is -0.532. The molecule has 0 saturated carbocycles. The first-order valence-corrected chi connectivity index (χ1v) is 6.81. The van der Waals surface area contributed by atoms with Crippen LogP contribution in [-0.2, 0) is 9.53 Å². The molecule has 0 aliphatic carbocycles. The summed E-state index contributed by atoms with van der Waals surface area (Å²) < 4.78 is 4.54. The standard InChI is InChI=1S/C15H22N2O4/c1-11(18)12-6-8-13(9-7-12)16-15(20)17(2)10-4-5-14(19)21-3/h6-9,11,18H,4-5,10H2,1-3H3,(H,16,20). The van der Waals surface area contributed by atoms with Crippen LogP contribution >= 0.6 is 0 Å². The number of nitrogens with one attached hydrogen (secondary N) is 1. The van der Waals surface area contributed by atoms with Gasteiger partial charge in [0.1, 0.15) is 0 Å². The molecule has 0 aliphatic heterocycles. The van der Waals surface area contributed by atoms with E-state index in [0.717, 1.165) is 5.56 Å². The van der Waals surface area contributed by atoms with Gasteiger partial charge in [-0.05, 0) is 31.0 Å². The Kier molecular flexibility index (Phi) is 6.68. The Morgan fingerprint density at radius 1 is 1.33 bits per heavy atom. The molecule has 21 heavy (non-hydrogen) atoms. The molecule has 6 nitrogen and oxygen atoms in total. The third-order valence-corrected chi connectivity index (χ3v) is 3.09. The van der Waals surface area contributed by atoms with Crippen molar-refractivity contribution < 1.29 is 19.4 Å². The lowest BCUT2D eigenvalue weighted by Crippen LogP contribution is -2.32. The number of carbonyl (C=O) groups is 2. The number of carbonyl (C=O) groups excluding carboxylic acids is 2. The van der Waals surface area contributed by atoms with E-state index in [4.69, 9.17) is 0 Å². The van der Waals surface area contributed by atoms with Gasteiger partial charge in [0, 0.05) is 25.7 Å². The molecule has 1 aromatic rings. The molecule has 0 spiro atoms. The number of benzene rings is 1. The lowest BCUT2D eigenvalue weighted by atomic mass is 10.1. The zero-order valence-electron chi connectivity index (χ0n) is 12.6. The Balaban J connectivity index is 2.43. The van der Waals surface area contributed by atoms with E-state index < -0.39 is 6.10 Å². The highest BCUT2D eigenvalue weighted by Gasteiger charge is 2.10. The number of methoxy groups -OCH3 is 1. The number of nitrogens with zero attached hydrogens (tertiary/aromatic N) is 1. The third-order valence-electron chi connectivity index (χ3n) is 3.09. The van der Waals surface area contributed by atoms with Crippen LogP contribution < -0.4 is 5.32 Å². The van der Waals surface area contributed by atoms with E-state index in [1.807, 2.05) is 0 Å². The van der Waals surface area contributed by atoms with E-state index in [2.05, 4.69) is 10.1 Å². The van der Waals surface area contributed by atoms with Crippen LogP contribution in [0.1, 0.15) is 31.4 Å². The van der Waals surface area contributed by atoms with E-state index in [9.17, 15) is 14.7 Å². The second-order valence-electron chi connectivity index (χ2n) is 4.83. The Morgan fingerprint density at radius 2 is 1.95 bits per heavy atom. The summed E-state index contributed by atoms with van der Waals surface area (Å²) in [6.07, 6.45) is 0.310. The smallest absolute Gasteiger partial charge is 0.321 e. The van der Waals surface area contributed by atoms with Crippen molar-refractivity contribution in [3.05, 3.63) is 29.8 Å². The number of hydrogen-bond acceptors (Lipinski definition) is 4. The second kappa shape index (κ2) is 8.26. The number of hydrogen-bond donors (Lipinski definition) is 2. The van der Waals surface area contributed by atoms with Crippen molar-refractivity contribution in [3.8, 4) is 0 Å². The number of ether oxygens (including phenoxy) is 1. The Morgan fingerprint density at radius 3 is 2.48 bits per heavy atom. The number of rotatable bonds is 6. The van der Waals surface area contributed by atoms with E-state index >= 15 is 0 Å². The monoisotopic (exact) mass is 294 g/mol. The minimum Gasteiger partial charge on any atom is -0.469 e. The first kappa shape index (κ1) is 17.0. The molecule has 6 heteroatoms. The summed E-state index contributed by atoms with van der Waals surface area (Å²) >= 11 is 0. The molecule has 0 fully saturated rings. The molecule has 1 unspecified atom stereocenters. The van der Waals surface area contributed by atoms with Crippen LogP contribution in [0.5, 0.6) is 0 Å². The maximum Gasteiger partial charge on any atom is 0.321 e. The highest BCUT2D eigenvalue weighted by molar-refractivity contribution is 5.89. The predicted molar refractivity (Wildman–Crippen MR) is 80.0 cm³/mol. The molecule has 0 heterocycles. The fourth-order valence-corrected chi connectivity index (χ4v) is 1.73. The summed E-state index contributed by atoms with van der Waals surface area (Å²) in [4.78, 5) is 24.4. The van der Waals surface area contributed by atoms with Crippen LogP contribution in [0.15, 0.2) is 24.3 Å². The topological polar surface area (TPSA) is 78.9 Å². The molecule has 2 N–H and O–H groups in total. The van der Waals surface area contributed by atoms with Crippen LogP contribution in [0.4, 0.5) is 10.5 Å². The molecule has 0 bridgehead atoms. The van der Waals surface area contributed by atoms with Gasteiger partial charge in [-0.15, -0.1) is 0 Å². The zero-order chi connectivity index (χ0) is 15.8. The van der Waals surface area contributed by atoms with E-state index in [-0.39, 0.29) is 18.4 Å². The number of urea groups is 1. The summed E-state index contributed by atoms with van der Waals surface area (Å²) in [7, 11) is 3.01. The first-order valence-electron chi connectivity index (χ1n) is 6.81. The van der Waals surface area contributed by atoms with Crippen LogP contribution in [0.3, 0.4) is 0 Å². The molecule has 0 aromatic heterocycles. The summed E-state index contributed by atoms with van der Waals surface area (Å²) in [6.45, 7) is 2.15. The zero-order valence-corrected chi connectivity index (χ0v) is 12.6. The average Bonchev–Trinajstić information content (AvgIpc) is 2.47. The fourth-order valence-electron chi connectivity index (χ4n) is 1.73. The van der Waals surface area contributed by atoms with Gasteiger partial charge < -0.3 is 20.1 Å². The van der Waals surface area contributed by atoms with Gasteiger partial charge in [-0.25, -0.2) is 4.79 Å². The summed E-state index contributed by atoms with van der Waals surface area (Å²) in [5.41, 5.74) is 1.45. The van der Waals surface area contributed by atoms with Crippen molar-refractivity contribution in [2.45, 2.75) is 25.9 Å². The van der Waals surface area contributed by atoms with Crippen molar-refractivity contribution in [2.75, 3.05) is 26.0 Å². The van der Waals surface area contributed by atoms with Crippen LogP contribution in [-0.4, -0.2) is 42.7 Å². The van der Waals surface area contributed by atoms with Gasteiger partial charge in [0.25, 0.3) is 0 Å². The molecule has 0 aliphatic rings. The highest BCUT2D eigenvalue weighted by atomic mass is 16.5. The van der Waals surface area contributed by atoms with E-state index in [1.54, 1.807) is 38.2 Å². The van der Waals surface area contributed by atoms with Crippen molar-refractivity contribution >= 4 is 17.7 Å². The second-order valence-corrected chi connectivity index (χ2v) is 4.83. The minimum absolute atomic E-state index is 0.246. The number of anilines is 1. The molecule has 1 aromatic carbocycles. The number of aliphatic hydroxyl groups excluding tert-OH is 1. The van der Waals surface area contributed by atoms with Gasteiger partial charge in [-0.2, -0.15) is 0 Å². The Bertz CT molecular complexity index is 471. The largest absolute Gasteiger partial charge is 0.469 e. The summed E-state index contributed by atoms with van der Waals surface area (Å²) in [6, 6.07) is 6.75. The van der Waals surface area contributed by atoms with Gasteiger partial charge in [-0.1, -0.05) is 12.1 Å². The molecule has 0 radical (unpaired) electrons. The van der Waals surface area contributed by atoms with Crippen molar-refractivity contribution in [2.24, 2.45) is 0 Å². The van der Waals surface area contributed by atoms with Gasteiger partial charge in [0.05, 0.1) is 13.2 Å². The number of aliphatic hydroxyl groups is 1. The Labute approximate surface area is 124 Å². The van der Waals surface area contributed by atoms with Gasteiger partial charge in [0.15, 0.2) is 0 Å². The number of esters is 1. The van der Waals surface area contributed by atoms with E-state index in [0.29, 0.717) is 18.7 Å². The number of amides is 2. The van der Waals surface area contributed by atoms with Crippen LogP contribution in [0.25, 0.3) is 0 Å². The quantitative estimate of drug-likeness (QED) is 0.788. The normalized spacial score (nSPS) is 11.6. The summed E-state index contributed by atoms with van der Waals surface area (Å²) in [5, 5.41) is 12.2. The predicted octanol–water partition coefficient (Wildman–Crippen LogP) is 2.16. The average molecular weight is 294 g/mol. The third kappa shape index (κ3) is 5.83. The molecule has 1 rings (SSSR count). The summed E-state index contributed by atoms with van der Waals surface area (Å²) in [5.74, 6) is -0.280. The maximum absolute atomic E-state index is 11.9. The highest BCUT2D eigenvalue weighted by Crippen LogP contribution is 2.15. The molecule has 0 saturated heterocycles.